The number of phenols is 1. The fraction of sp³-hybridized carbons (Fsp3) is 0.600. The monoisotopic (exact) mass is 294 g/mol. The summed E-state index contributed by atoms with van der Waals surface area (Å²) in [6.45, 7) is 6.62. The van der Waals surface area contributed by atoms with Gasteiger partial charge in [0, 0.05) is 31.3 Å². The molecule has 2 N–H and O–H groups in total. The molecule has 2 aliphatic rings. The Morgan fingerprint density at radius 2 is 1.90 bits per heavy atom. The molecule has 0 aromatic heterocycles. The van der Waals surface area contributed by atoms with E-state index >= 15 is 0 Å². The first-order chi connectivity index (χ1) is 10.3. The van der Waals surface area contributed by atoms with Crippen molar-refractivity contribution < 1.29 is 19.3 Å². The topological polar surface area (TPSA) is 63.2 Å². The SMILES string of the molecule is Oc1cc2c(cc1CNCCCN1CCOCC1)OCO2. The molecule has 1 saturated heterocycles. The quantitative estimate of drug-likeness (QED) is 0.761. The second-order valence-corrected chi connectivity index (χ2v) is 5.32. The Labute approximate surface area is 124 Å². The van der Waals surface area contributed by atoms with E-state index in [9.17, 15) is 5.11 Å². The van der Waals surface area contributed by atoms with Gasteiger partial charge in [-0.25, -0.2) is 0 Å². The fourth-order valence-electron chi connectivity index (χ4n) is 2.59. The van der Waals surface area contributed by atoms with Gasteiger partial charge in [0.1, 0.15) is 5.75 Å². The van der Waals surface area contributed by atoms with Crippen molar-refractivity contribution in [2.45, 2.75) is 13.0 Å². The zero-order valence-electron chi connectivity index (χ0n) is 12.1. The predicted molar refractivity (Wildman–Crippen MR) is 77.8 cm³/mol. The van der Waals surface area contributed by atoms with Gasteiger partial charge in [0.15, 0.2) is 11.5 Å². The van der Waals surface area contributed by atoms with Crippen molar-refractivity contribution in [3.8, 4) is 17.2 Å². The summed E-state index contributed by atoms with van der Waals surface area (Å²) in [5.41, 5.74) is 0.839. The highest BCUT2D eigenvalue weighted by atomic mass is 16.7. The van der Waals surface area contributed by atoms with Crippen LogP contribution in [0.3, 0.4) is 0 Å². The Bertz CT molecular complexity index is 475. The third-order valence-electron chi connectivity index (χ3n) is 3.82. The number of aromatic hydroxyl groups is 1. The van der Waals surface area contributed by atoms with Crippen LogP contribution in [0, 0.1) is 0 Å². The average Bonchev–Trinajstić information content (AvgIpc) is 2.95. The molecule has 0 atom stereocenters. The number of fused-ring (bicyclic) bond motifs is 1. The highest BCUT2D eigenvalue weighted by Gasteiger charge is 2.16. The van der Waals surface area contributed by atoms with Gasteiger partial charge in [-0.3, -0.25) is 4.90 Å². The van der Waals surface area contributed by atoms with Crippen LogP contribution in [0.2, 0.25) is 0 Å². The first-order valence-electron chi connectivity index (χ1n) is 7.45. The zero-order valence-corrected chi connectivity index (χ0v) is 12.1. The molecule has 1 fully saturated rings. The smallest absolute Gasteiger partial charge is 0.231 e. The lowest BCUT2D eigenvalue weighted by atomic mass is 10.1. The molecule has 1 aromatic carbocycles. The highest BCUT2D eigenvalue weighted by molar-refractivity contribution is 5.51. The van der Waals surface area contributed by atoms with Crippen LogP contribution < -0.4 is 14.8 Å². The second-order valence-electron chi connectivity index (χ2n) is 5.32. The van der Waals surface area contributed by atoms with Gasteiger partial charge in [0.05, 0.1) is 13.2 Å². The Morgan fingerprint density at radius 3 is 2.71 bits per heavy atom. The van der Waals surface area contributed by atoms with Gasteiger partial charge in [-0.2, -0.15) is 0 Å². The van der Waals surface area contributed by atoms with Crippen molar-refractivity contribution in [2.24, 2.45) is 0 Å². The minimum atomic E-state index is 0.227. The van der Waals surface area contributed by atoms with E-state index < -0.39 is 0 Å². The molecular formula is C15H22N2O4. The summed E-state index contributed by atoms with van der Waals surface area (Å²) < 4.78 is 15.9. The van der Waals surface area contributed by atoms with E-state index in [0.29, 0.717) is 18.0 Å². The van der Waals surface area contributed by atoms with Gasteiger partial charge >= 0.3 is 0 Å². The number of hydrogen-bond donors (Lipinski definition) is 2. The molecule has 1 aromatic rings. The molecule has 3 rings (SSSR count). The molecule has 0 bridgehead atoms. The van der Waals surface area contributed by atoms with E-state index in [4.69, 9.17) is 14.2 Å². The maximum absolute atomic E-state index is 9.94. The summed E-state index contributed by atoms with van der Waals surface area (Å²) in [6.07, 6.45) is 1.09. The summed E-state index contributed by atoms with van der Waals surface area (Å²) in [5.74, 6) is 1.57. The summed E-state index contributed by atoms with van der Waals surface area (Å²) in [4.78, 5) is 2.42. The number of morpholine rings is 1. The molecule has 0 radical (unpaired) electrons. The van der Waals surface area contributed by atoms with E-state index in [1.165, 1.54) is 0 Å². The Balaban J connectivity index is 1.39. The minimum Gasteiger partial charge on any atom is -0.507 e. The molecule has 0 aliphatic carbocycles. The molecule has 0 unspecified atom stereocenters. The van der Waals surface area contributed by atoms with Gasteiger partial charge in [-0.15, -0.1) is 0 Å². The third kappa shape index (κ3) is 3.78. The van der Waals surface area contributed by atoms with Crippen LogP contribution >= 0.6 is 0 Å². The average molecular weight is 294 g/mol. The van der Waals surface area contributed by atoms with Crippen LogP contribution in [-0.4, -0.2) is 56.2 Å². The second kappa shape index (κ2) is 6.98. The first-order valence-corrected chi connectivity index (χ1v) is 7.45. The van der Waals surface area contributed by atoms with E-state index in [-0.39, 0.29) is 12.5 Å². The molecule has 116 valence electrons. The lowest BCUT2D eigenvalue weighted by Crippen LogP contribution is -2.37. The number of hydrogen-bond acceptors (Lipinski definition) is 6. The normalized spacial score (nSPS) is 18.1. The van der Waals surface area contributed by atoms with E-state index in [2.05, 4.69) is 10.2 Å². The first kappa shape index (κ1) is 14.4. The Kier molecular flexibility index (Phi) is 4.80. The number of ether oxygens (including phenoxy) is 3. The summed E-state index contributed by atoms with van der Waals surface area (Å²) in [7, 11) is 0. The van der Waals surface area contributed by atoms with Crippen molar-refractivity contribution in [3.63, 3.8) is 0 Å². The maximum Gasteiger partial charge on any atom is 0.231 e. The van der Waals surface area contributed by atoms with Crippen LogP contribution in [-0.2, 0) is 11.3 Å². The van der Waals surface area contributed by atoms with Crippen molar-refractivity contribution in [2.75, 3.05) is 46.2 Å². The number of phenolic OH excluding ortho intramolecular Hbond substituents is 1. The zero-order chi connectivity index (χ0) is 14.5. The van der Waals surface area contributed by atoms with E-state index in [0.717, 1.165) is 51.4 Å². The van der Waals surface area contributed by atoms with Crippen LogP contribution in [0.4, 0.5) is 0 Å². The molecule has 21 heavy (non-hydrogen) atoms. The van der Waals surface area contributed by atoms with Crippen molar-refractivity contribution in [1.82, 2.24) is 10.2 Å². The van der Waals surface area contributed by atoms with Crippen LogP contribution in [0.1, 0.15) is 12.0 Å². The molecule has 2 heterocycles. The van der Waals surface area contributed by atoms with Gasteiger partial charge in [-0.05, 0) is 25.6 Å². The maximum atomic E-state index is 9.94. The van der Waals surface area contributed by atoms with Crippen LogP contribution in [0.25, 0.3) is 0 Å². The van der Waals surface area contributed by atoms with Gasteiger partial charge in [0.2, 0.25) is 6.79 Å². The number of nitrogens with zero attached hydrogens (tertiary/aromatic N) is 1. The third-order valence-corrected chi connectivity index (χ3v) is 3.82. The number of rotatable bonds is 6. The van der Waals surface area contributed by atoms with Crippen molar-refractivity contribution in [3.05, 3.63) is 17.7 Å². The molecule has 0 spiro atoms. The highest BCUT2D eigenvalue weighted by Crippen LogP contribution is 2.37. The van der Waals surface area contributed by atoms with Crippen LogP contribution in [0.5, 0.6) is 17.2 Å². The molecular weight excluding hydrogens is 272 g/mol. The van der Waals surface area contributed by atoms with Crippen molar-refractivity contribution in [1.29, 1.82) is 0 Å². The standard InChI is InChI=1S/C15H22N2O4/c18-13-9-15-14(20-11-21-15)8-12(13)10-16-2-1-3-17-4-6-19-7-5-17/h8-9,16,18H,1-7,10-11H2. The number of benzene rings is 1. The minimum absolute atomic E-state index is 0.227. The number of nitrogens with one attached hydrogen (secondary N) is 1. The summed E-state index contributed by atoms with van der Waals surface area (Å²) >= 11 is 0. The van der Waals surface area contributed by atoms with Crippen molar-refractivity contribution >= 4 is 0 Å². The summed E-state index contributed by atoms with van der Waals surface area (Å²) in [5, 5.41) is 13.3. The lowest BCUT2D eigenvalue weighted by Gasteiger charge is -2.26. The van der Waals surface area contributed by atoms with Gasteiger partial charge in [0.25, 0.3) is 0 Å². The Morgan fingerprint density at radius 1 is 1.14 bits per heavy atom. The van der Waals surface area contributed by atoms with E-state index in [1.807, 2.05) is 6.07 Å². The molecule has 6 nitrogen and oxygen atoms in total. The lowest BCUT2D eigenvalue weighted by molar-refractivity contribution is 0.0374. The molecule has 0 amide bonds. The van der Waals surface area contributed by atoms with Crippen LogP contribution in [0.15, 0.2) is 12.1 Å². The van der Waals surface area contributed by atoms with Gasteiger partial charge in [-0.1, -0.05) is 0 Å². The molecule has 6 heteroatoms. The largest absolute Gasteiger partial charge is 0.507 e. The summed E-state index contributed by atoms with van der Waals surface area (Å²) in [6, 6.07) is 3.46. The fourth-order valence-corrected chi connectivity index (χ4v) is 2.59. The Hall–Kier alpha value is -1.50. The molecule has 2 aliphatic heterocycles. The van der Waals surface area contributed by atoms with E-state index in [1.54, 1.807) is 6.07 Å². The van der Waals surface area contributed by atoms with Gasteiger partial charge < -0.3 is 24.6 Å². The molecule has 0 saturated carbocycles. The predicted octanol–water partition coefficient (Wildman–Crippen LogP) is 0.933.